The largest absolute Gasteiger partial charge is 0.478 e. The summed E-state index contributed by atoms with van der Waals surface area (Å²) >= 11 is 0. The van der Waals surface area contributed by atoms with Crippen LogP contribution in [-0.4, -0.2) is 11.1 Å². The Morgan fingerprint density at radius 3 is 2.38 bits per heavy atom. The van der Waals surface area contributed by atoms with E-state index in [2.05, 4.69) is 17.0 Å². The number of hydrogen-bond acceptors (Lipinski definition) is 2. The van der Waals surface area contributed by atoms with Crippen molar-refractivity contribution in [3.63, 3.8) is 0 Å². The second-order valence-electron chi connectivity index (χ2n) is 4.97. The topological polar surface area (TPSA) is 40.5 Å². The Labute approximate surface area is 121 Å². The zero-order chi connectivity index (χ0) is 14.8. The molecule has 0 bridgehead atoms. The number of hydrogen-bond donors (Lipinski definition) is 1. The maximum absolute atomic E-state index is 14.0. The molecule has 0 aromatic heterocycles. The van der Waals surface area contributed by atoms with Gasteiger partial charge in [0.2, 0.25) is 0 Å². The maximum Gasteiger partial charge on any atom is 0.328 e. The Kier molecular flexibility index (Phi) is 3.44. The number of fused-ring (bicyclic) bond motifs is 1. The fourth-order valence-corrected chi connectivity index (χ4v) is 2.62. The van der Waals surface area contributed by atoms with Crippen molar-refractivity contribution in [1.82, 2.24) is 0 Å². The minimum Gasteiger partial charge on any atom is -0.478 e. The number of carboxylic acid groups (broad SMARTS) is 1. The highest BCUT2D eigenvalue weighted by Crippen LogP contribution is 2.32. The number of aliphatic carboxylic acids is 1. The second kappa shape index (κ2) is 5.40. The lowest BCUT2D eigenvalue weighted by atomic mass is 10.1. The molecule has 0 saturated heterocycles. The van der Waals surface area contributed by atoms with Gasteiger partial charge in [0.05, 0.1) is 0 Å². The molecule has 1 aliphatic heterocycles. The quantitative estimate of drug-likeness (QED) is 0.877. The summed E-state index contributed by atoms with van der Waals surface area (Å²) in [6, 6.07) is 12.9. The van der Waals surface area contributed by atoms with E-state index in [1.54, 1.807) is 6.07 Å². The van der Waals surface area contributed by atoms with Crippen molar-refractivity contribution in [2.24, 2.45) is 0 Å². The summed E-state index contributed by atoms with van der Waals surface area (Å²) in [7, 11) is 0. The fraction of sp³-hybridized carbons (Fsp3) is 0.118. The van der Waals surface area contributed by atoms with E-state index in [1.165, 1.54) is 23.3 Å². The van der Waals surface area contributed by atoms with Gasteiger partial charge in [-0.05, 0) is 29.3 Å². The normalized spacial score (nSPS) is 13.7. The molecule has 1 heterocycles. The predicted octanol–water partition coefficient (Wildman–Crippen LogP) is 3.44. The minimum absolute atomic E-state index is 0.313. The standard InChI is InChI=1S/C17H14FNO2/c18-15-6-3-7-16(14(15)8-9-17(20)21)19-10-12-4-1-2-5-13(12)11-19/h1-9H,10-11H2,(H,20,21)/b9-8+. The molecule has 1 aliphatic rings. The van der Waals surface area contributed by atoms with Crippen LogP contribution in [-0.2, 0) is 17.9 Å². The van der Waals surface area contributed by atoms with Gasteiger partial charge in [-0.1, -0.05) is 30.3 Å². The van der Waals surface area contributed by atoms with Crippen molar-refractivity contribution in [1.29, 1.82) is 0 Å². The summed E-state index contributed by atoms with van der Waals surface area (Å²) in [4.78, 5) is 12.7. The summed E-state index contributed by atoms with van der Waals surface area (Å²) in [6.07, 6.45) is 2.28. The molecule has 0 unspecified atom stereocenters. The first-order valence-corrected chi connectivity index (χ1v) is 6.66. The average molecular weight is 283 g/mol. The molecule has 2 aromatic rings. The van der Waals surface area contributed by atoms with Crippen molar-refractivity contribution < 1.29 is 14.3 Å². The molecule has 0 radical (unpaired) electrons. The van der Waals surface area contributed by atoms with E-state index in [4.69, 9.17) is 5.11 Å². The lowest BCUT2D eigenvalue weighted by Gasteiger charge is -2.20. The first-order chi connectivity index (χ1) is 10.1. The highest BCUT2D eigenvalue weighted by molar-refractivity contribution is 5.87. The molecular formula is C17H14FNO2. The summed E-state index contributed by atoms with van der Waals surface area (Å²) in [5.41, 5.74) is 3.46. The van der Waals surface area contributed by atoms with Gasteiger partial charge >= 0.3 is 5.97 Å². The highest BCUT2D eigenvalue weighted by atomic mass is 19.1. The van der Waals surface area contributed by atoms with Crippen LogP contribution < -0.4 is 4.90 Å². The number of carbonyl (C=O) groups is 1. The van der Waals surface area contributed by atoms with Crippen LogP contribution in [0.15, 0.2) is 48.5 Å². The molecule has 21 heavy (non-hydrogen) atoms. The molecule has 106 valence electrons. The molecule has 0 aliphatic carbocycles. The van der Waals surface area contributed by atoms with Crippen LogP contribution in [0, 0.1) is 5.82 Å². The van der Waals surface area contributed by atoms with Crippen LogP contribution in [0.4, 0.5) is 10.1 Å². The van der Waals surface area contributed by atoms with E-state index in [1.807, 2.05) is 18.2 Å². The van der Waals surface area contributed by atoms with E-state index in [0.717, 1.165) is 6.08 Å². The minimum atomic E-state index is -1.09. The molecule has 3 rings (SSSR count). The molecule has 0 fully saturated rings. The summed E-state index contributed by atoms with van der Waals surface area (Å²) in [5.74, 6) is -1.50. The number of halogens is 1. The van der Waals surface area contributed by atoms with E-state index in [9.17, 15) is 9.18 Å². The summed E-state index contributed by atoms with van der Waals surface area (Å²) in [6.45, 7) is 1.40. The van der Waals surface area contributed by atoms with Crippen molar-refractivity contribution in [2.45, 2.75) is 13.1 Å². The molecule has 0 atom stereocenters. The third-order valence-corrected chi connectivity index (χ3v) is 3.60. The number of anilines is 1. The van der Waals surface area contributed by atoms with Gasteiger partial charge < -0.3 is 10.0 Å². The predicted molar refractivity (Wildman–Crippen MR) is 79.4 cm³/mol. The van der Waals surface area contributed by atoms with Crippen molar-refractivity contribution >= 4 is 17.7 Å². The van der Waals surface area contributed by atoms with Gasteiger partial charge in [-0.25, -0.2) is 9.18 Å². The van der Waals surface area contributed by atoms with Gasteiger partial charge in [0.1, 0.15) is 5.82 Å². The van der Waals surface area contributed by atoms with Crippen molar-refractivity contribution in [2.75, 3.05) is 4.90 Å². The van der Waals surface area contributed by atoms with Gasteiger partial charge in [0.15, 0.2) is 0 Å². The molecule has 3 nitrogen and oxygen atoms in total. The van der Waals surface area contributed by atoms with Crippen LogP contribution in [0.5, 0.6) is 0 Å². The lowest BCUT2D eigenvalue weighted by molar-refractivity contribution is -0.131. The zero-order valence-electron chi connectivity index (χ0n) is 11.3. The SMILES string of the molecule is O=C(O)/C=C/c1c(F)cccc1N1Cc2ccccc2C1. The van der Waals surface area contributed by atoms with Crippen LogP contribution in [0.3, 0.4) is 0 Å². The molecule has 0 spiro atoms. The van der Waals surface area contributed by atoms with E-state index < -0.39 is 11.8 Å². The first-order valence-electron chi connectivity index (χ1n) is 6.66. The van der Waals surface area contributed by atoms with E-state index >= 15 is 0 Å². The number of benzene rings is 2. The van der Waals surface area contributed by atoms with Crippen LogP contribution >= 0.6 is 0 Å². The monoisotopic (exact) mass is 283 g/mol. The van der Waals surface area contributed by atoms with Crippen LogP contribution in [0.25, 0.3) is 6.08 Å². The van der Waals surface area contributed by atoms with Crippen molar-refractivity contribution in [3.05, 3.63) is 71.0 Å². The molecule has 0 saturated carbocycles. The van der Waals surface area contributed by atoms with E-state index in [0.29, 0.717) is 24.3 Å². The van der Waals surface area contributed by atoms with Gasteiger partial charge in [-0.2, -0.15) is 0 Å². The molecule has 0 amide bonds. The van der Waals surface area contributed by atoms with Gasteiger partial charge in [0.25, 0.3) is 0 Å². The van der Waals surface area contributed by atoms with Gasteiger partial charge in [-0.15, -0.1) is 0 Å². The number of carboxylic acids is 1. The molecule has 4 heteroatoms. The third-order valence-electron chi connectivity index (χ3n) is 3.60. The Balaban J connectivity index is 1.97. The average Bonchev–Trinajstić information content (AvgIpc) is 2.89. The van der Waals surface area contributed by atoms with Crippen LogP contribution in [0.1, 0.15) is 16.7 Å². The second-order valence-corrected chi connectivity index (χ2v) is 4.97. The Bertz CT molecular complexity index is 699. The third kappa shape index (κ3) is 2.65. The Hall–Kier alpha value is -2.62. The zero-order valence-corrected chi connectivity index (χ0v) is 11.3. The Morgan fingerprint density at radius 2 is 1.76 bits per heavy atom. The summed E-state index contributed by atoms with van der Waals surface area (Å²) < 4.78 is 14.0. The molecule has 1 N–H and O–H groups in total. The Morgan fingerprint density at radius 1 is 1.10 bits per heavy atom. The first kappa shape index (κ1) is 13.4. The number of rotatable bonds is 3. The van der Waals surface area contributed by atoms with Gasteiger partial charge in [-0.3, -0.25) is 0 Å². The lowest BCUT2D eigenvalue weighted by Crippen LogP contribution is -2.16. The summed E-state index contributed by atoms with van der Waals surface area (Å²) in [5, 5.41) is 8.74. The van der Waals surface area contributed by atoms with Gasteiger partial charge in [0, 0.05) is 30.4 Å². The van der Waals surface area contributed by atoms with Crippen LogP contribution in [0.2, 0.25) is 0 Å². The number of nitrogens with zero attached hydrogens (tertiary/aromatic N) is 1. The fourth-order valence-electron chi connectivity index (χ4n) is 2.62. The smallest absolute Gasteiger partial charge is 0.328 e. The highest BCUT2D eigenvalue weighted by Gasteiger charge is 2.21. The molecular weight excluding hydrogens is 269 g/mol. The maximum atomic E-state index is 14.0. The van der Waals surface area contributed by atoms with E-state index in [-0.39, 0.29) is 0 Å². The molecule has 2 aromatic carbocycles. The van der Waals surface area contributed by atoms with Crippen molar-refractivity contribution in [3.8, 4) is 0 Å².